The second-order valence-corrected chi connectivity index (χ2v) is 8.92. The van der Waals surface area contributed by atoms with Crippen molar-refractivity contribution in [2.24, 2.45) is 10.7 Å². The Morgan fingerprint density at radius 3 is 2.62 bits per heavy atom. The minimum absolute atomic E-state index is 0.0715. The molecule has 3 aromatic rings. The number of aryl methyl sites for hydroxylation is 1. The normalized spacial score (nSPS) is 15.1. The number of fused-ring (bicyclic) bond motifs is 1. The molecule has 37 heavy (non-hydrogen) atoms. The Morgan fingerprint density at radius 2 is 1.92 bits per heavy atom. The smallest absolute Gasteiger partial charge is 0.311 e. The predicted octanol–water partition coefficient (Wildman–Crippen LogP) is 5.19. The number of carboxylic acids is 1. The van der Waals surface area contributed by atoms with E-state index in [1.807, 2.05) is 31.2 Å². The van der Waals surface area contributed by atoms with Gasteiger partial charge in [-0.1, -0.05) is 41.4 Å². The average Bonchev–Trinajstić information content (AvgIpc) is 2.88. The first-order chi connectivity index (χ1) is 17.8. The number of amidine groups is 1. The monoisotopic (exact) mass is 519 g/mol. The summed E-state index contributed by atoms with van der Waals surface area (Å²) in [5.74, 6) is -0.845. The van der Waals surface area contributed by atoms with Crippen molar-refractivity contribution < 1.29 is 24.2 Å². The fraction of sp³-hybridized carbons (Fsp3) is 0.179. The number of nitrogens with one attached hydrogen (secondary N) is 1. The van der Waals surface area contributed by atoms with Crippen molar-refractivity contribution in [3.05, 3.63) is 100 Å². The molecule has 0 spiro atoms. The molecule has 190 valence electrons. The molecule has 1 atom stereocenters. The molecule has 1 amide bonds. The van der Waals surface area contributed by atoms with Crippen LogP contribution < -0.4 is 20.5 Å². The lowest BCUT2D eigenvalue weighted by atomic mass is 9.93. The maximum atomic E-state index is 12.5. The minimum atomic E-state index is -0.924. The van der Waals surface area contributed by atoms with Gasteiger partial charge in [-0.15, -0.1) is 0 Å². The average molecular weight is 520 g/mol. The van der Waals surface area contributed by atoms with Crippen LogP contribution >= 0.6 is 11.6 Å². The van der Waals surface area contributed by atoms with Gasteiger partial charge in [0.15, 0.2) is 0 Å². The number of benzene rings is 3. The van der Waals surface area contributed by atoms with Gasteiger partial charge in [-0.05, 0) is 55.3 Å². The van der Waals surface area contributed by atoms with Crippen LogP contribution in [0.5, 0.6) is 17.2 Å². The van der Waals surface area contributed by atoms with Crippen LogP contribution in [0.3, 0.4) is 0 Å². The van der Waals surface area contributed by atoms with E-state index in [2.05, 4.69) is 10.3 Å². The van der Waals surface area contributed by atoms with Gasteiger partial charge < -0.3 is 25.6 Å². The van der Waals surface area contributed by atoms with Crippen LogP contribution in [0.2, 0.25) is 5.02 Å². The molecule has 0 bridgehead atoms. The van der Waals surface area contributed by atoms with Gasteiger partial charge in [0.2, 0.25) is 0 Å². The lowest BCUT2D eigenvalue weighted by molar-refractivity contribution is -0.139. The van der Waals surface area contributed by atoms with E-state index in [4.69, 9.17) is 26.8 Å². The predicted molar refractivity (Wildman–Crippen MR) is 142 cm³/mol. The Bertz CT molecular complexity index is 1350. The summed E-state index contributed by atoms with van der Waals surface area (Å²) in [6, 6.07) is 17.6. The number of aliphatic carboxylic acids is 1. The Hall–Kier alpha value is -4.30. The molecule has 0 aromatic heterocycles. The topological polar surface area (TPSA) is 123 Å². The van der Waals surface area contributed by atoms with Crippen LogP contribution in [-0.4, -0.2) is 29.4 Å². The number of carbonyl (C=O) groups is 2. The number of nitrogens with two attached hydrogens (primary N) is 1. The first kappa shape index (κ1) is 25.8. The molecule has 0 aliphatic carbocycles. The highest BCUT2D eigenvalue weighted by molar-refractivity contribution is 6.32. The van der Waals surface area contributed by atoms with Gasteiger partial charge in [0.05, 0.1) is 17.5 Å². The second kappa shape index (κ2) is 11.6. The number of carbonyl (C=O) groups excluding carboxylic acids is 1. The van der Waals surface area contributed by atoms with E-state index in [1.54, 1.807) is 42.6 Å². The Labute approximate surface area is 219 Å². The third kappa shape index (κ3) is 6.68. The zero-order valence-electron chi connectivity index (χ0n) is 20.1. The van der Waals surface area contributed by atoms with Gasteiger partial charge in [-0.3, -0.25) is 9.59 Å². The molecule has 0 fully saturated rings. The molecule has 4 N–H and O–H groups in total. The number of hydrogen-bond donors (Lipinski definition) is 3. The summed E-state index contributed by atoms with van der Waals surface area (Å²) in [5, 5.41) is 12.8. The molecule has 0 saturated carbocycles. The number of carboxylic acid groups (broad SMARTS) is 1. The van der Waals surface area contributed by atoms with Crippen molar-refractivity contribution in [3.63, 3.8) is 0 Å². The van der Waals surface area contributed by atoms with E-state index < -0.39 is 17.8 Å². The van der Waals surface area contributed by atoms with Crippen LogP contribution in [0, 0.1) is 6.92 Å². The van der Waals surface area contributed by atoms with E-state index in [0.717, 1.165) is 5.56 Å². The molecule has 1 aliphatic heterocycles. The maximum Gasteiger partial charge on any atom is 0.311 e. The third-order valence-corrected chi connectivity index (χ3v) is 6.06. The van der Waals surface area contributed by atoms with Crippen molar-refractivity contribution >= 4 is 29.3 Å². The summed E-state index contributed by atoms with van der Waals surface area (Å²) >= 11 is 6.34. The number of halogens is 1. The lowest BCUT2D eigenvalue weighted by Crippen LogP contribution is -2.20. The number of rotatable bonds is 8. The molecule has 9 heteroatoms. The zero-order valence-corrected chi connectivity index (χ0v) is 20.9. The first-order valence-corrected chi connectivity index (χ1v) is 12.0. The van der Waals surface area contributed by atoms with E-state index in [1.165, 1.54) is 11.6 Å². The Morgan fingerprint density at radius 1 is 1.19 bits per heavy atom. The molecule has 1 unspecified atom stereocenters. The molecular weight excluding hydrogens is 494 g/mol. The standard InChI is InChI=1S/C28H26ClN3O5/c1-17-2-4-18(5-3-17)16-31-12-10-26(30)32-27(33)19-6-8-20(9-7-19)37-25-15-24-22(14-23(25)29)21(28(34)35)11-13-36-24/h2-10,12,14-15,21,31H,11,13,16H2,1H3,(H,34,35)(H2,30,32,33)/b12-10-. The van der Waals surface area contributed by atoms with Gasteiger partial charge in [0, 0.05) is 29.9 Å². The van der Waals surface area contributed by atoms with Crippen LogP contribution in [-0.2, 0) is 11.3 Å². The lowest BCUT2D eigenvalue weighted by Gasteiger charge is -2.24. The summed E-state index contributed by atoms with van der Waals surface area (Å²) in [4.78, 5) is 27.9. The molecule has 0 radical (unpaired) electrons. The summed E-state index contributed by atoms with van der Waals surface area (Å²) in [6.45, 7) is 2.95. The Kier molecular flexibility index (Phi) is 8.10. The van der Waals surface area contributed by atoms with E-state index in [9.17, 15) is 14.7 Å². The van der Waals surface area contributed by atoms with Crippen LogP contribution in [0.25, 0.3) is 0 Å². The van der Waals surface area contributed by atoms with E-state index in [0.29, 0.717) is 47.9 Å². The number of ether oxygens (including phenoxy) is 2. The fourth-order valence-corrected chi connectivity index (χ4v) is 3.97. The largest absolute Gasteiger partial charge is 0.493 e. The summed E-state index contributed by atoms with van der Waals surface area (Å²) in [6.07, 6.45) is 3.55. The number of nitrogens with zero attached hydrogens (tertiary/aromatic N) is 1. The van der Waals surface area contributed by atoms with Crippen molar-refractivity contribution in [2.45, 2.75) is 25.8 Å². The Balaban J connectivity index is 1.36. The summed E-state index contributed by atoms with van der Waals surface area (Å²) in [7, 11) is 0. The van der Waals surface area contributed by atoms with Gasteiger partial charge >= 0.3 is 5.97 Å². The SMILES string of the molecule is Cc1ccc(CN/C=C\C(N)=NC(=O)c2ccc(Oc3cc4c(cc3Cl)C(C(=O)O)CCO4)cc2)cc1. The highest BCUT2D eigenvalue weighted by atomic mass is 35.5. The number of amides is 1. The zero-order chi connectivity index (χ0) is 26.4. The molecule has 3 aromatic carbocycles. The van der Waals surface area contributed by atoms with Crippen LogP contribution in [0.1, 0.15) is 39.4 Å². The van der Waals surface area contributed by atoms with Gasteiger partial charge in [-0.25, -0.2) is 0 Å². The molecule has 0 saturated heterocycles. The number of aliphatic imine (C=N–C) groups is 1. The quantitative estimate of drug-likeness (QED) is 0.276. The van der Waals surface area contributed by atoms with E-state index in [-0.39, 0.29) is 10.9 Å². The first-order valence-electron chi connectivity index (χ1n) is 11.6. The van der Waals surface area contributed by atoms with Crippen molar-refractivity contribution in [3.8, 4) is 17.2 Å². The highest BCUT2D eigenvalue weighted by Gasteiger charge is 2.29. The van der Waals surface area contributed by atoms with Crippen LogP contribution in [0.4, 0.5) is 0 Å². The van der Waals surface area contributed by atoms with Gasteiger partial charge in [0.25, 0.3) is 5.91 Å². The minimum Gasteiger partial charge on any atom is -0.493 e. The van der Waals surface area contributed by atoms with Gasteiger partial charge in [-0.2, -0.15) is 4.99 Å². The fourth-order valence-electron chi connectivity index (χ4n) is 3.76. The van der Waals surface area contributed by atoms with Crippen LogP contribution in [0.15, 0.2) is 77.9 Å². The summed E-state index contributed by atoms with van der Waals surface area (Å²) in [5.41, 5.74) is 9.03. The molecule has 1 aliphatic rings. The third-order valence-electron chi connectivity index (χ3n) is 5.76. The van der Waals surface area contributed by atoms with Gasteiger partial charge in [0.1, 0.15) is 23.1 Å². The maximum absolute atomic E-state index is 12.5. The molecule has 8 nitrogen and oxygen atoms in total. The molecule has 1 heterocycles. The van der Waals surface area contributed by atoms with Crippen molar-refractivity contribution in [2.75, 3.05) is 6.61 Å². The van der Waals surface area contributed by atoms with E-state index >= 15 is 0 Å². The summed E-state index contributed by atoms with van der Waals surface area (Å²) < 4.78 is 11.4. The highest BCUT2D eigenvalue weighted by Crippen LogP contribution is 2.41. The molecule has 4 rings (SSSR count). The van der Waals surface area contributed by atoms with Crippen molar-refractivity contribution in [1.29, 1.82) is 0 Å². The molecular formula is C28H26ClN3O5. The van der Waals surface area contributed by atoms with Crippen molar-refractivity contribution in [1.82, 2.24) is 5.32 Å². The second-order valence-electron chi connectivity index (χ2n) is 8.52. The number of hydrogen-bond acceptors (Lipinski definition) is 5.